The van der Waals surface area contributed by atoms with Crippen molar-refractivity contribution in [2.24, 2.45) is 0 Å². The summed E-state index contributed by atoms with van der Waals surface area (Å²) in [4.78, 5) is 31.4. The van der Waals surface area contributed by atoms with Crippen LogP contribution in [0, 0.1) is 0 Å². The van der Waals surface area contributed by atoms with Gasteiger partial charge in [0.15, 0.2) is 0 Å². The Balaban J connectivity index is 1.63. The summed E-state index contributed by atoms with van der Waals surface area (Å²) in [5, 5.41) is 0. The number of amides is 1. The number of aromatic nitrogens is 1. The lowest BCUT2D eigenvalue weighted by molar-refractivity contribution is -0.136. The van der Waals surface area contributed by atoms with Crippen molar-refractivity contribution >= 4 is 11.7 Å². The highest BCUT2D eigenvalue weighted by molar-refractivity contribution is 5.87. The van der Waals surface area contributed by atoms with Crippen LogP contribution < -0.4 is 10.9 Å². The molecule has 0 spiro atoms. The van der Waals surface area contributed by atoms with E-state index >= 15 is 0 Å². The van der Waals surface area contributed by atoms with Gasteiger partial charge in [-0.1, -0.05) is 30.3 Å². The first-order valence-corrected chi connectivity index (χ1v) is 9.92. The molecule has 2 aliphatic rings. The molecular formula is C22H26N4O2. The molecule has 2 aromatic rings. The Morgan fingerprint density at radius 3 is 2.71 bits per heavy atom. The molecule has 3 atom stereocenters. The number of nitrogens with one attached hydrogen (secondary N) is 2. The van der Waals surface area contributed by atoms with Crippen LogP contribution in [0.25, 0.3) is 0 Å². The van der Waals surface area contributed by atoms with Crippen LogP contribution in [0.3, 0.4) is 0 Å². The molecule has 3 unspecified atom stereocenters. The van der Waals surface area contributed by atoms with Gasteiger partial charge in [-0.3, -0.25) is 14.6 Å². The molecule has 1 aliphatic carbocycles. The molecule has 1 amide bonds. The number of rotatable bonds is 5. The summed E-state index contributed by atoms with van der Waals surface area (Å²) in [6.07, 6.45) is 7.09. The lowest BCUT2D eigenvalue weighted by atomic mass is 9.86. The number of fused-ring (bicyclic) bond motifs is 1. The Kier molecular flexibility index (Phi) is 5.50. The molecule has 1 aromatic heterocycles. The summed E-state index contributed by atoms with van der Waals surface area (Å²) in [5.74, 6) is 0.0754. The van der Waals surface area contributed by atoms with Crippen molar-refractivity contribution < 1.29 is 9.59 Å². The molecule has 28 heavy (non-hydrogen) atoms. The lowest BCUT2D eigenvalue weighted by Gasteiger charge is -2.37. The molecule has 4 rings (SSSR count). The van der Waals surface area contributed by atoms with Crippen molar-refractivity contribution in [1.29, 1.82) is 0 Å². The maximum Gasteiger partial charge on any atom is 0.241 e. The third-order valence-corrected chi connectivity index (χ3v) is 5.76. The summed E-state index contributed by atoms with van der Waals surface area (Å²) >= 11 is 0. The van der Waals surface area contributed by atoms with Crippen LogP contribution in [0.2, 0.25) is 0 Å². The van der Waals surface area contributed by atoms with Crippen LogP contribution in [0.15, 0.2) is 48.8 Å². The number of hydrazine groups is 1. The van der Waals surface area contributed by atoms with Gasteiger partial charge in [-0.15, -0.1) is 0 Å². The molecule has 2 heterocycles. The van der Waals surface area contributed by atoms with Gasteiger partial charge in [-0.2, -0.15) is 0 Å². The van der Waals surface area contributed by atoms with Crippen LogP contribution in [0.4, 0.5) is 0 Å². The van der Waals surface area contributed by atoms with Gasteiger partial charge in [-0.25, -0.2) is 10.9 Å². The molecule has 1 aromatic carbocycles. The normalized spacial score (nSPS) is 23.8. The van der Waals surface area contributed by atoms with E-state index in [0.717, 1.165) is 24.8 Å². The van der Waals surface area contributed by atoms with Gasteiger partial charge >= 0.3 is 0 Å². The SMILES string of the molecule is CC(=O)C1CC(C(=O)N(Cc2cccnc2)C2CCCc3ccccc32)NN1. The molecule has 1 aliphatic heterocycles. The first kappa shape index (κ1) is 18.8. The Morgan fingerprint density at radius 2 is 1.96 bits per heavy atom. The molecule has 1 fully saturated rings. The quantitative estimate of drug-likeness (QED) is 0.835. The number of carbonyl (C=O) groups excluding carboxylic acids is 2. The summed E-state index contributed by atoms with van der Waals surface area (Å²) < 4.78 is 0. The molecule has 1 saturated heterocycles. The molecule has 0 bridgehead atoms. The van der Waals surface area contributed by atoms with Gasteiger partial charge in [0.1, 0.15) is 11.8 Å². The predicted molar refractivity (Wildman–Crippen MR) is 106 cm³/mol. The zero-order valence-corrected chi connectivity index (χ0v) is 16.1. The van der Waals surface area contributed by atoms with Crippen LogP contribution in [0.5, 0.6) is 0 Å². The van der Waals surface area contributed by atoms with Gasteiger partial charge in [0.25, 0.3) is 0 Å². The minimum absolute atomic E-state index is 0.0295. The maximum atomic E-state index is 13.5. The van der Waals surface area contributed by atoms with E-state index in [1.165, 1.54) is 11.1 Å². The van der Waals surface area contributed by atoms with E-state index in [-0.39, 0.29) is 23.8 Å². The van der Waals surface area contributed by atoms with Crippen LogP contribution >= 0.6 is 0 Å². The van der Waals surface area contributed by atoms with Crippen molar-refractivity contribution in [3.63, 3.8) is 0 Å². The van der Waals surface area contributed by atoms with Crippen molar-refractivity contribution in [2.75, 3.05) is 0 Å². The Morgan fingerprint density at radius 1 is 1.14 bits per heavy atom. The second-order valence-electron chi connectivity index (χ2n) is 7.67. The maximum absolute atomic E-state index is 13.5. The van der Waals surface area contributed by atoms with E-state index < -0.39 is 6.04 Å². The van der Waals surface area contributed by atoms with Gasteiger partial charge in [-0.05, 0) is 55.4 Å². The van der Waals surface area contributed by atoms with Crippen LogP contribution in [0.1, 0.15) is 48.9 Å². The van der Waals surface area contributed by atoms with Gasteiger partial charge in [0.2, 0.25) is 5.91 Å². The third kappa shape index (κ3) is 3.84. The van der Waals surface area contributed by atoms with Gasteiger partial charge in [0, 0.05) is 18.9 Å². The first-order valence-electron chi connectivity index (χ1n) is 9.92. The number of ketones is 1. The molecular weight excluding hydrogens is 352 g/mol. The summed E-state index contributed by atoms with van der Waals surface area (Å²) in [7, 11) is 0. The van der Waals surface area contributed by atoms with E-state index in [4.69, 9.17) is 0 Å². The number of nitrogens with zero attached hydrogens (tertiary/aromatic N) is 2. The smallest absolute Gasteiger partial charge is 0.241 e. The molecule has 6 nitrogen and oxygen atoms in total. The number of aryl methyl sites for hydroxylation is 1. The summed E-state index contributed by atoms with van der Waals surface area (Å²) in [6.45, 7) is 2.06. The van der Waals surface area contributed by atoms with E-state index in [2.05, 4.69) is 34.0 Å². The molecule has 0 saturated carbocycles. The zero-order valence-electron chi connectivity index (χ0n) is 16.1. The third-order valence-electron chi connectivity index (χ3n) is 5.76. The number of pyridine rings is 1. The fourth-order valence-electron chi connectivity index (χ4n) is 4.27. The fourth-order valence-corrected chi connectivity index (χ4v) is 4.27. The van der Waals surface area contributed by atoms with Gasteiger partial charge in [0.05, 0.1) is 12.1 Å². The predicted octanol–water partition coefficient (Wildman–Crippen LogP) is 2.31. The lowest BCUT2D eigenvalue weighted by Crippen LogP contribution is -2.47. The minimum atomic E-state index is -0.403. The molecule has 6 heteroatoms. The van der Waals surface area contributed by atoms with Crippen molar-refractivity contribution in [2.45, 2.75) is 57.3 Å². The average molecular weight is 378 g/mol. The second-order valence-corrected chi connectivity index (χ2v) is 7.67. The van der Waals surface area contributed by atoms with Crippen molar-refractivity contribution in [3.8, 4) is 0 Å². The fraction of sp³-hybridized carbons (Fsp3) is 0.409. The van der Waals surface area contributed by atoms with E-state index in [1.807, 2.05) is 29.3 Å². The number of Topliss-reactive ketones (excluding diaryl/α,β-unsaturated/α-hetero) is 1. The number of carbonyl (C=O) groups is 2. The highest BCUT2D eigenvalue weighted by Gasteiger charge is 2.37. The molecule has 0 radical (unpaired) electrons. The zero-order chi connectivity index (χ0) is 19.5. The van der Waals surface area contributed by atoms with E-state index in [0.29, 0.717) is 13.0 Å². The van der Waals surface area contributed by atoms with E-state index in [1.54, 1.807) is 13.1 Å². The van der Waals surface area contributed by atoms with E-state index in [9.17, 15) is 9.59 Å². The van der Waals surface area contributed by atoms with Gasteiger partial charge < -0.3 is 4.90 Å². The summed E-state index contributed by atoms with van der Waals surface area (Å²) in [5.41, 5.74) is 9.57. The Hall–Kier alpha value is -2.57. The monoisotopic (exact) mass is 378 g/mol. The largest absolute Gasteiger partial charge is 0.330 e. The van der Waals surface area contributed by atoms with Crippen molar-refractivity contribution in [1.82, 2.24) is 20.7 Å². The number of hydrogen-bond donors (Lipinski definition) is 2. The number of benzene rings is 1. The average Bonchev–Trinajstić information content (AvgIpc) is 3.23. The summed E-state index contributed by atoms with van der Waals surface area (Å²) in [6, 6.07) is 11.6. The highest BCUT2D eigenvalue weighted by Crippen LogP contribution is 2.35. The number of hydrogen-bond acceptors (Lipinski definition) is 5. The minimum Gasteiger partial charge on any atom is -0.330 e. The first-order chi connectivity index (χ1) is 13.6. The highest BCUT2D eigenvalue weighted by atomic mass is 16.2. The molecule has 2 N–H and O–H groups in total. The standard InChI is InChI=1S/C22H26N4O2/c1-15(27)19-12-20(25-24-19)22(28)26(14-16-6-5-11-23-13-16)21-10-4-8-17-7-2-3-9-18(17)21/h2-3,5-7,9,11,13,19-21,24-25H,4,8,10,12,14H2,1H3. The Bertz CT molecular complexity index is 855. The van der Waals surface area contributed by atoms with Crippen LogP contribution in [-0.4, -0.2) is 33.7 Å². The second kappa shape index (κ2) is 8.20. The molecule has 146 valence electrons. The van der Waals surface area contributed by atoms with Crippen molar-refractivity contribution in [3.05, 3.63) is 65.5 Å². The van der Waals surface area contributed by atoms with Crippen LogP contribution in [-0.2, 0) is 22.6 Å². The Labute approximate surface area is 165 Å². The topological polar surface area (TPSA) is 74.3 Å².